The molecule has 1 aromatic rings. The summed E-state index contributed by atoms with van der Waals surface area (Å²) in [5.74, 6) is 2.34. The molecule has 5 rings (SSSR count). The van der Waals surface area contributed by atoms with Crippen LogP contribution >= 0.6 is 0 Å². The summed E-state index contributed by atoms with van der Waals surface area (Å²) in [4.78, 5) is 26.2. The molecule has 0 heterocycles. The van der Waals surface area contributed by atoms with Crippen LogP contribution in [0.15, 0.2) is 30.3 Å². The molecule has 0 N–H and O–H groups in total. The van der Waals surface area contributed by atoms with Gasteiger partial charge in [0.05, 0.1) is 12.5 Å². The second kappa shape index (κ2) is 7.17. The van der Waals surface area contributed by atoms with E-state index in [-0.39, 0.29) is 29.5 Å². The van der Waals surface area contributed by atoms with Crippen molar-refractivity contribution in [2.75, 3.05) is 6.61 Å². The van der Waals surface area contributed by atoms with Gasteiger partial charge in [-0.05, 0) is 55.3 Å². The van der Waals surface area contributed by atoms with E-state index in [2.05, 4.69) is 13.8 Å². The van der Waals surface area contributed by atoms with E-state index in [4.69, 9.17) is 4.74 Å². The SMILES string of the molecule is CC[C@H](C)COC(=O)[C@@H]1[C@H]2C[C@@H]3C[C@H](C2)[C@H](C(=O)c2ccccc2)[C@H]1C3. The highest BCUT2D eigenvalue weighted by atomic mass is 16.5. The molecule has 7 atom stereocenters. The van der Waals surface area contributed by atoms with Crippen LogP contribution in [0.4, 0.5) is 0 Å². The predicted octanol–water partition coefficient (Wildman–Crippen LogP) is 4.76. The predicted molar refractivity (Wildman–Crippen MR) is 101 cm³/mol. The van der Waals surface area contributed by atoms with Crippen molar-refractivity contribution in [2.45, 2.75) is 46.0 Å². The van der Waals surface area contributed by atoms with Crippen molar-refractivity contribution in [3.8, 4) is 0 Å². The molecule has 0 radical (unpaired) electrons. The van der Waals surface area contributed by atoms with Crippen LogP contribution in [0.3, 0.4) is 0 Å². The fraction of sp³-hybridized carbons (Fsp3) is 0.652. The topological polar surface area (TPSA) is 43.4 Å². The fourth-order valence-corrected chi connectivity index (χ4v) is 5.92. The zero-order valence-corrected chi connectivity index (χ0v) is 15.9. The summed E-state index contributed by atoms with van der Waals surface area (Å²) >= 11 is 0. The Bertz CT molecular complexity index is 667. The van der Waals surface area contributed by atoms with Crippen LogP contribution in [0.25, 0.3) is 0 Å². The second-order valence-electron chi connectivity index (χ2n) is 8.92. The average Bonchev–Trinajstić information content (AvgIpc) is 2.66. The molecule has 4 saturated carbocycles. The van der Waals surface area contributed by atoms with Crippen LogP contribution in [0.2, 0.25) is 0 Å². The van der Waals surface area contributed by atoms with E-state index in [1.54, 1.807) is 0 Å². The number of hydrogen-bond acceptors (Lipinski definition) is 3. The van der Waals surface area contributed by atoms with Crippen molar-refractivity contribution in [1.29, 1.82) is 0 Å². The molecule has 26 heavy (non-hydrogen) atoms. The number of Topliss-reactive ketones (excluding diaryl/α,β-unsaturated/α-hetero) is 1. The van der Waals surface area contributed by atoms with Gasteiger partial charge in [0.25, 0.3) is 0 Å². The number of benzene rings is 1. The molecule has 3 heteroatoms. The lowest BCUT2D eigenvalue weighted by molar-refractivity contribution is -0.167. The molecule has 0 aromatic heterocycles. The Morgan fingerprint density at radius 3 is 2.42 bits per heavy atom. The molecule has 0 saturated heterocycles. The monoisotopic (exact) mass is 354 g/mol. The van der Waals surface area contributed by atoms with E-state index < -0.39 is 0 Å². The largest absolute Gasteiger partial charge is 0.465 e. The van der Waals surface area contributed by atoms with Crippen LogP contribution in [-0.4, -0.2) is 18.4 Å². The highest BCUT2D eigenvalue weighted by molar-refractivity contribution is 5.98. The van der Waals surface area contributed by atoms with Crippen molar-refractivity contribution in [1.82, 2.24) is 0 Å². The number of hydrogen-bond donors (Lipinski definition) is 0. The van der Waals surface area contributed by atoms with E-state index in [1.165, 1.54) is 6.42 Å². The van der Waals surface area contributed by atoms with Crippen LogP contribution in [0, 0.1) is 41.4 Å². The van der Waals surface area contributed by atoms with Crippen LogP contribution in [0.5, 0.6) is 0 Å². The van der Waals surface area contributed by atoms with Gasteiger partial charge in [0, 0.05) is 11.5 Å². The van der Waals surface area contributed by atoms with Crippen molar-refractivity contribution in [2.24, 2.45) is 41.4 Å². The van der Waals surface area contributed by atoms with Gasteiger partial charge in [0.2, 0.25) is 0 Å². The fourth-order valence-electron chi connectivity index (χ4n) is 5.92. The first kappa shape index (κ1) is 17.8. The van der Waals surface area contributed by atoms with Gasteiger partial charge in [-0.15, -0.1) is 0 Å². The minimum atomic E-state index is -0.0653. The average molecular weight is 354 g/mol. The van der Waals surface area contributed by atoms with Gasteiger partial charge in [0.15, 0.2) is 5.78 Å². The molecule has 0 aliphatic heterocycles. The maximum atomic E-state index is 13.3. The zero-order chi connectivity index (χ0) is 18.3. The Morgan fingerprint density at radius 1 is 1.04 bits per heavy atom. The van der Waals surface area contributed by atoms with Crippen molar-refractivity contribution in [3.05, 3.63) is 35.9 Å². The number of esters is 1. The lowest BCUT2D eigenvalue weighted by Crippen LogP contribution is -2.55. The first-order valence-electron chi connectivity index (χ1n) is 10.3. The van der Waals surface area contributed by atoms with Crippen LogP contribution < -0.4 is 0 Å². The van der Waals surface area contributed by atoms with Crippen LogP contribution in [0.1, 0.15) is 56.3 Å². The van der Waals surface area contributed by atoms with Crippen LogP contribution in [-0.2, 0) is 9.53 Å². The third kappa shape index (κ3) is 3.10. The highest BCUT2D eigenvalue weighted by Gasteiger charge is 2.58. The van der Waals surface area contributed by atoms with E-state index in [9.17, 15) is 9.59 Å². The van der Waals surface area contributed by atoms with Gasteiger partial charge in [0.1, 0.15) is 0 Å². The van der Waals surface area contributed by atoms with Crippen molar-refractivity contribution in [3.63, 3.8) is 0 Å². The van der Waals surface area contributed by atoms with E-state index >= 15 is 0 Å². The lowest BCUT2D eigenvalue weighted by Gasteiger charge is -2.56. The number of ketones is 1. The number of rotatable bonds is 6. The van der Waals surface area contributed by atoms with Crippen molar-refractivity contribution >= 4 is 11.8 Å². The Kier molecular flexibility index (Phi) is 4.90. The maximum Gasteiger partial charge on any atom is 0.309 e. The molecule has 4 aliphatic rings. The minimum Gasteiger partial charge on any atom is -0.465 e. The molecule has 140 valence electrons. The molecule has 0 unspecified atom stereocenters. The summed E-state index contributed by atoms with van der Waals surface area (Å²) in [7, 11) is 0. The molecule has 4 bridgehead atoms. The Labute approximate surface area is 156 Å². The maximum absolute atomic E-state index is 13.3. The number of carbonyl (C=O) groups excluding carboxylic acids is 2. The summed E-state index contributed by atoms with van der Waals surface area (Å²) in [5, 5.41) is 0. The first-order chi connectivity index (χ1) is 12.6. The molecular weight excluding hydrogens is 324 g/mol. The normalized spacial score (nSPS) is 35.9. The quantitative estimate of drug-likeness (QED) is 0.546. The van der Waals surface area contributed by atoms with Gasteiger partial charge < -0.3 is 4.74 Å². The zero-order valence-electron chi connectivity index (χ0n) is 15.9. The third-order valence-corrected chi connectivity index (χ3v) is 7.26. The van der Waals surface area contributed by atoms with E-state index in [1.807, 2.05) is 30.3 Å². The summed E-state index contributed by atoms with van der Waals surface area (Å²) in [6.45, 7) is 4.75. The molecule has 0 amide bonds. The van der Waals surface area contributed by atoms with Crippen molar-refractivity contribution < 1.29 is 14.3 Å². The molecule has 4 aliphatic carbocycles. The molecule has 3 nitrogen and oxygen atoms in total. The lowest BCUT2D eigenvalue weighted by atomic mass is 9.47. The highest BCUT2D eigenvalue weighted by Crippen LogP contribution is 2.60. The van der Waals surface area contributed by atoms with Gasteiger partial charge in [-0.1, -0.05) is 50.6 Å². The summed E-state index contributed by atoms with van der Waals surface area (Å²) in [6.07, 6.45) is 5.40. The molecule has 4 fully saturated rings. The smallest absolute Gasteiger partial charge is 0.309 e. The Hall–Kier alpha value is -1.64. The third-order valence-electron chi connectivity index (χ3n) is 7.26. The van der Waals surface area contributed by atoms with E-state index in [0.717, 1.165) is 31.2 Å². The number of ether oxygens (including phenoxy) is 1. The summed E-state index contributed by atoms with van der Waals surface area (Å²) < 4.78 is 5.70. The summed E-state index contributed by atoms with van der Waals surface area (Å²) in [6, 6.07) is 9.65. The second-order valence-corrected chi connectivity index (χ2v) is 8.92. The van der Waals surface area contributed by atoms with Gasteiger partial charge in [-0.3, -0.25) is 9.59 Å². The number of carbonyl (C=O) groups is 2. The summed E-state index contributed by atoms with van der Waals surface area (Å²) in [5.41, 5.74) is 0.802. The molecule has 0 spiro atoms. The molecule has 1 aromatic carbocycles. The van der Waals surface area contributed by atoms with Gasteiger partial charge >= 0.3 is 5.97 Å². The standard InChI is InChI=1S/C23H30O3/c1-3-14(2)13-26-23(25)21-18-10-15-9-17(12-18)20(19(21)11-15)22(24)16-7-5-4-6-8-16/h4-8,14-15,17-21H,3,9-13H2,1-2H3/t14-,15-,17+,18-,19+,20-,21+/m0/s1. The molecular formula is C23H30O3. The Balaban J connectivity index is 1.55. The Morgan fingerprint density at radius 2 is 1.73 bits per heavy atom. The first-order valence-corrected chi connectivity index (χ1v) is 10.3. The van der Waals surface area contributed by atoms with Gasteiger partial charge in [-0.2, -0.15) is 0 Å². The minimum absolute atomic E-state index is 0.00588. The van der Waals surface area contributed by atoms with Gasteiger partial charge in [-0.25, -0.2) is 0 Å². The van der Waals surface area contributed by atoms with E-state index in [0.29, 0.717) is 30.3 Å².